The third-order valence-electron chi connectivity index (χ3n) is 4.93. The summed E-state index contributed by atoms with van der Waals surface area (Å²) in [7, 11) is 0. The van der Waals surface area contributed by atoms with E-state index in [0.29, 0.717) is 25.8 Å². The summed E-state index contributed by atoms with van der Waals surface area (Å²) in [6.07, 6.45) is 3.22. The lowest BCUT2D eigenvalue weighted by molar-refractivity contribution is -0.145. The Morgan fingerprint density at radius 1 is 1.37 bits per heavy atom. The molecule has 2 amide bonds. The van der Waals surface area contributed by atoms with E-state index in [1.165, 1.54) is 4.90 Å². The Balaban J connectivity index is 1.62. The second kappa shape index (κ2) is 4.03. The van der Waals surface area contributed by atoms with Gasteiger partial charge >= 0.3 is 5.97 Å². The minimum Gasteiger partial charge on any atom is -0.480 e. The largest absolute Gasteiger partial charge is 0.480 e. The van der Waals surface area contributed by atoms with Crippen molar-refractivity contribution in [2.45, 2.75) is 37.6 Å². The zero-order valence-electron chi connectivity index (χ0n) is 10.7. The van der Waals surface area contributed by atoms with Gasteiger partial charge in [0.05, 0.1) is 11.8 Å². The molecular weight excluding hydrogens is 248 g/mol. The molecule has 3 fully saturated rings. The molecule has 1 heterocycles. The van der Waals surface area contributed by atoms with E-state index < -0.39 is 11.5 Å². The van der Waals surface area contributed by atoms with Crippen molar-refractivity contribution in [3.05, 3.63) is 0 Å². The van der Waals surface area contributed by atoms with E-state index in [-0.39, 0.29) is 29.6 Å². The van der Waals surface area contributed by atoms with Gasteiger partial charge in [0.15, 0.2) is 0 Å². The van der Waals surface area contributed by atoms with Gasteiger partial charge in [0.2, 0.25) is 11.8 Å². The molecule has 0 radical (unpaired) electrons. The smallest absolute Gasteiger partial charge is 0.323 e. The molecule has 19 heavy (non-hydrogen) atoms. The number of carboxylic acid groups (broad SMARTS) is 1. The van der Waals surface area contributed by atoms with Gasteiger partial charge in [-0.3, -0.25) is 19.3 Å². The number of carboxylic acids is 1. The molecule has 4 unspecified atom stereocenters. The molecule has 0 spiro atoms. The number of carbonyl (C=O) groups is 3. The first kappa shape index (κ1) is 12.6. The number of aliphatic carboxylic acids is 1. The van der Waals surface area contributed by atoms with Crippen molar-refractivity contribution in [2.75, 3.05) is 6.54 Å². The monoisotopic (exact) mass is 266 g/mol. The summed E-state index contributed by atoms with van der Waals surface area (Å²) in [6, 6.07) is 0. The van der Waals surface area contributed by atoms with Crippen molar-refractivity contribution >= 4 is 17.8 Å². The summed E-state index contributed by atoms with van der Waals surface area (Å²) < 4.78 is 0. The molecule has 6 heteroatoms. The molecule has 0 bridgehead atoms. The van der Waals surface area contributed by atoms with Gasteiger partial charge in [-0.25, -0.2) is 0 Å². The third kappa shape index (κ3) is 1.77. The Morgan fingerprint density at radius 2 is 2.00 bits per heavy atom. The Kier molecular flexibility index (Phi) is 2.67. The molecular formula is C13H18N2O4. The highest BCUT2D eigenvalue weighted by atomic mass is 16.4. The fourth-order valence-corrected chi connectivity index (χ4v) is 3.54. The van der Waals surface area contributed by atoms with Crippen LogP contribution in [0.5, 0.6) is 0 Å². The van der Waals surface area contributed by atoms with E-state index in [4.69, 9.17) is 5.73 Å². The van der Waals surface area contributed by atoms with Crippen LogP contribution in [0.3, 0.4) is 0 Å². The lowest BCUT2D eigenvalue weighted by atomic mass is 9.85. The number of imide groups is 1. The summed E-state index contributed by atoms with van der Waals surface area (Å²) in [5.41, 5.74) is 4.76. The number of hydrogen-bond acceptors (Lipinski definition) is 4. The van der Waals surface area contributed by atoms with Gasteiger partial charge < -0.3 is 10.8 Å². The first-order valence-electron chi connectivity index (χ1n) is 6.82. The molecule has 4 atom stereocenters. The fourth-order valence-electron chi connectivity index (χ4n) is 3.54. The Labute approximate surface area is 110 Å². The molecule has 0 aromatic carbocycles. The highest BCUT2D eigenvalue weighted by Crippen LogP contribution is 2.47. The molecule has 1 saturated heterocycles. The molecule has 3 aliphatic rings. The minimum absolute atomic E-state index is 0.0778. The molecule has 3 N–H and O–H groups in total. The summed E-state index contributed by atoms with van der Waals surface area (Å²) >= 11 is 0. The van der Waals surface area contributed by atoms with Crippen LogP contribution < -0.4 is 5.73 Å². The average molecular weight is 266 g/mol. The van der Waals surface area contributed by atoms with E-state index in [1.54, 1.807) is 0 Å². The van der Waals surface area contributed by atoms with Crippen LogP contribution in [-0.4, -0.2) is 39.9 Å². The zero-order valence-corrected chi connectivity index (χ0v) is 10.7. The number of nitrogens with two attached hydrogens (primary N) is 1. The number of fused-ring (bicyclic) bond motifs is 1. The van der Waals surface area contributed by atoms with E-state index in [9.17, 15) is 19.5 Å². The number of likely N-dealkylation sites (tertiary alicyclic amines) is 1. The molecule has 0 aromatic rings. The van der Waals surface area contributed by atoms with Crippen LogP contribution in [0, 0.1) is 17.8 Å². The second-order valence-electron chi connectivity index (χ2n) is 6.00. The van der Waals surface area contributed by atoms with Gasteiger partial charge in [0.25, 0.3) is 0 Å². The quantitative estimate of drug-likeness (QED) is 0.695. The lowest BCUT2D eigenvalue weighted by Gasteiger charge is -2.28. The van der Waals surface area contributed by atoms with Crippen molar-refractivity contribution in [2.24, 2.45) is 23.5 Å². The van der Waals surface area contributed by atoms with Gasteiger partial charge in [-0.15, -0.1) is 0 Å². The van der Waals surface area contributed by atoms with Gasteiger partial charge in [-0.2, -0.15) is 0 Å². The third-order valence-corrected chi connectivity index (χ3v) is 4.93. The van der Waals surface area contributed by atoms with Crippen molar-refractivity contribution in [1.29, 1.82) is 0 Å². The molecule has 1 aliphatic heterocycles. The van der Waals surface area contributed by atoms with E-state index in [0.717, 1.165) is 12.8 Å². The van der Waals surface area contributed by atoms with Gasteiger partial charge in [-0.1, -0.05) is 6.42 Å². The molecule has 3 rings (SSSR count). The molecule has 104 valence electrons. The van der Waals surface area contributed by atoms with E-state index in [1.807, 2.05) is 0 Å². The van der Waals surface area contributed by atoms with Crippen LogP contribution in [0.2, 0.25) is 0 Å². The average Bonchev–Trinajstić information content (AvgIpc) is 3.02. The van der Waals surface area contributed by atoms with Crippen molar-refractivity contribution in [3.8, 4) is 0 Å². The van der Waals surface area contributed by atoms with Crippen LogP contribution in [0.25, 0.3) is 0 Å². The standard InChI is InChI=1S/C13H18N2O4/c14-13(12(18)19)4-1-2-7(13)3-5-15-10(16)8-6-9(8)11(15)17/h7-9H,1-6,14H2,(H,18,19). The lowest BCUT2D eigenvalue weighted by Crippen LogP contribution is -2.51. The maximum Gasteiger partial charge on any atom is 0.323 e. The predicted molar refractivity (Wildman–Crippen MR) is 64.8 cm³/mol. The predicted octanol–water partition coefficient (Wildman–Crippen LogP) is -0.0364. The second-order valence-corrected chi connectivity index (χ2v) is 6.00. The van der Waals surface area contributed by atoms with Gasteiger partial charge in [0, 0.05) is 6.54 Å². The summed E-state index contributed by atoms with van der Waals surface area (Å²) in [5, 5.41) is 9.22. The minimum atomic E-state index is -1.19. The highest BCUT2D eigenvalue weighted by molar-refractivity contribution is 6.08. The molecule has 0 aromatic heterocycles. The van der Waals surface area contributed by atoms with Crippen molar-refractivity contribution in [1.82, 2.24) is 4.90 Å². The number of carbonyl (C=O) groups excluding carboxylic acids is 2. The Bertz CT molecular complexity index is 444. The topological polar surface area (TPSA) is 101 Å². The van der Waals surface area contributed by atoms with Crippen LogP contribution in [-0.2, 0) is 14.4 Å². The summed E-state index contributed by atoms with van der Waals surface area (Å²) in [5.74, 6) is -1.45. The Hall–Kier alpha value is -1.43. The van der Waals surface area contributed by atoms with E-state index in [2.05, 4.69) is 0 Å². The maximum atomic E-state index is 11.8. The van der Waals surface area contributed by atoms with Crippen LogP contribution >= 0.6 is 0 Å². The van der Waals surface area contributed by atoms with Crippen LogP contribution in [0.15, 0.2) is 0 Å². The number of hydrogen-bond donors (Lipinski definition) is 2. The van der Waals surface area contributed by atoms with E-state index >= 15 is 0 Å². The molecule has 6 nitrogen and oxygen atoms in total. The van der Waals surface area contributed by atoms with Crippen LogP contribution in [0.4, 0.5) is 0 Å². The summed E-state index contributed by atoms with van der Waals surface area (Å²) in [4.78, 5) is 36.2. The van der Waals surface area contributed by atoms with Gasteiger partial charge in [0.1, 0.15) is 5.54 Å². The summed E-state index contributed by atoms with van der Waals surface area (Å²) in [6.45, 7) is 0.321. The maximum absolute atomic E-state index is 11.8. The normalized spacial score (nSPS) is 40.7. The first-order valence-corrected chi connectivity index (χ1v) is 6.82. The highest BCUT2D eigenvalue weighted by Gasteiger charge is 2.58. The molecule has 2 aliphatic carbocycles. The van der Waals surface area contributed by atoms with Crippen molar-refractivity contribution < 1.29 is 19.5 Å². The first-order chi connectivity index (χ1) is 8.95. The van der Waals surface area contributed by atoms with Gasteiger partial charge in [-0.05, 0) is 31.6 Å². The number of nitrogens with zero attached hydrogens (tertiary/aromatic N) is 1. The van der Waals surface area contributed by atoms with Crippen molar-refractivity contribution in [3.63, 3.8) is 0 Å². The van der Waals surface area contributed by atoms with Crippen LogP contribution in [0.1, 0.15) is 32.1 Å². The zero-order chi connectivity index (χ0) is 13.8. The fraction of sp³-hybridized carbons (Fsp3) is 0.769. The SMILES string of the molecule is NC1(C(=O)O)CCCC1CCN1C(=O)C2CC2C1=O. The number of amides is 2. The number of piperidine rings is 1. The number of rotatable bonds is 4. The Morgan fingerprint density at radius 3 is 2.58 bits per heavy atom. The molecule has 2 saturated carbocycles.